The van der Waals surface area contributed by atoms with Gasteiger partial charge in [0.1, 0.15) is 6.54 Å². The summed E-state index contributed by atoms with van der Waals surface area (Å²) in [4.78, 5) is 37.9. The fourth-order valence-electron chi connectivity index (χ4n) is 3.14. The van der Waals surface area contributed by atoms with Crippen molar-refractivity contribution < 1.29 is 9.59 Å². The van der Waals surface area contributed by atoms with Gasteiger partial charge in [-0.05, 0) is 25.8 Å². The van der Waals surface area contributed by atoms with E-state index in [-0.39, 0.29) is 23.9 Å². The highest BCUT2D eigenvalue weighted by atomic mass is 16.2. The number of benzene rings is 1. The summed E-state index contributed by atoms with van der Waals surface area (Å²) in [5.74, 6) is -0.0641. The largest absolute Gasteiger partial charge is 0.354 e. The molecule has 1 aromatic carbocycles. The molecule has 2 aromatic rings. The number of amides is 2. The Morgan fingerprint density at radius 1 is 1.24 bits per heavy atom. The van der Waals surface area contributed by atoms with Gasteiger partial charge in [0.25, 0.3) is 5.56 Å². The van der Waals surface area contributed by atoms with Crippen molar-refractivity contribution in [3.63, 3.8) is 0 Å². The Labute approximate surface area is 145 Å². The van der Waals surface area contributed by atoms with E-state index >= 15 is 0 Å². The SMILES string of the molecule is Cc1nn(CC(=O)NCCCN2CCCC2=O)c(=O)c2ccccc12. The maximum absolute atomic E-state index is 12.4. The van der Waals surface area contributed by atoms with Crippen molar-refractivity contribution in [1.82, 2.24) is 20.0 Å². The maximum Gasteiger partial charge on any atom is 0.275 e. The van der Waals surface area contributed by atoms with Gasteiger partial charge in [0.05, 0.1) is 11.1 Å². The normalized spacial score (nSPS) is 14.3. The van der Waals surface area contributed by atoms with E-state index in [1.807, 2.05) is 24.0 Å². The molecule has 132 valence electrons. The van der Waals surface area contributed by atoms with Gasteiger partial charge in [-0.3, -0.25) is 14.4 Å². The molecule has 7 heteroatoms. The molecule has 1 aliphatic heterocycles. The second kappa shape index (κ2) is 7.46. The molecule has 1 aliphatic rings. The second-order valence-corrected chi connectivity index (χ2v) is 6.28. The summed E-state index contributed by atoms with van der Waals surface area (Å²) in [5, 5.41) is 8.39. The van der Waals surface area contributed by atoms with E-state index in [9.17, 15) is 14.4 Å². The van der Waals surface area contributed by atoms with Gasteiger partial charge < -0.3 is 10.2 Å². The van der Waals surface area contributed by atoms with Gasteiger partial charge in [-0.25, -0.2) is 4.68 Å². The van der Waals surface area contributed by atoms with Crippen LogP contribution in [0.25, 0.3) is 10.8 Å². The van der Waals surface area contributed by atoms with Crippen LogP contribution in [-0.4, -0.2) is 46.1 Å². The van der Waals surface area contributed by atoms with Crippen molar-refractivity contribution in [3.05, 3.63) is 40.3 Å². The fourth-order valence-corrected chi connectivity index (χ4v) is 3.14. The van der Waals surface area contributed by atoms with E-state index in [2.05, 4.69) is 10.4 Å². The number of likely N-dealkylation sites (tertiary alicyclic amines) is 1. The van der Waals surface area contributed by atoms with Gasteiger partial charge in [-0.2, -0.15) is 5.10 Å². The number of aryl methyl sites for hydroxylation is 1. The van der Waals surface area contributed by atoms with Crippen LogP contribution in [0.4, 0.5) is 0 Å². The minimum absolute atomic E-state index is 0.104. The molecule has 1 fully saturated rings. The molecule has 0 unspecified atom stereocenters. The first-order valence-electron chi connectivity index (χ1n) is 8.57. The molecule has 2 amide bonds. The molecule has 0 radical (unpaired) electrons. The van der Waals surface area contributed by atoms with Gasteiger partial charge >= 0.3 is 0 Å². The number of carbonyl (C=O) groups excluding carboxylic acids is 2. The molecule has 0 atom stereocenters. The van der Waals surface area contributed by atoms with Crippen LogP contribution in [0, 0.1) is 6.92 Å². The van der Waals surface area contributed by atoms with Crippen molar-refractivity contribution in [2.24, 2.45) is 0 Å². The first-order valence-corrected chi connectivity index (χ1v) is 8.57. The lowest BCUT2D eigenvalue weighted by molar-refractivity contribution is -0.127. The third-order valence-electron chi connectivity index (χ3n) is 4.44. The highest BCUT2D eigenvalue weighted by Gasteiger charge is 2.19. The van der Waals surface area contributed by atoms with Crippen LogP contribution < -0.4 is 10.9 Å². The molecule has 3 rings (SSSR count). The number of hydrogen-bond acceptors (Lipinski definition) is 4. The van der Waals surface area contributed by atoms with Gasteiger partial charge in [0, 0.05) is 31.4 Å². The summed E-state index contributed by atoms with van der Waals surface area (Å²) in [6.45, 7) is 3.66. The molecule has 1 N–H and O–H groups in total. The van der Waals surface area contributed by atoms with Crippen molar-refractivity contribution in [2.75, 3.05) is 19.6 Å². The Kier molecular flexibility index (Phi) is 5.11. The third kappa shape index (κ3) is 3.87. The summed E-state index contributed by atoms with van der Waals surface area (Å²) < 4.78 is 1.21. The summed E-state index contributed by atoms with van der Waals surface area (Å²) in [7, 11) is 0. The lowest BCUT2D eigenvalue weighted by atomic mass is 10.1. The van der Waals surface area contributed by atoms with Gasteiger partial charge in [0.2, 0.25) is 11.8 Å². The van der Waals surface area contributed by atoms with E-state index < -0.39 is 0 Å². The zero-order valence-electron chi connectivity index (χ0n) is 14.3. The molecule has 0 saturated carbocycles. The van der Waals surface area contributed by atoms with Gasteiger partial charge in [-0.15, -0.1) is 0 Å². The average Bonchev–Trinajstić information content (AvgIpc) is 3.01. The average molecular weight is 342 g/mol. The van der Waals surface area contributed by atoms with E-state index in [1.165, 1.54) is 4.68 Å². The summed E-state index contributed by atoms with van der Waals surface area (Å²) >= 11 is 0. The number of aromatic nitrogens is 2. The highest BCUT2D eigenvalue weighted by Crippen LogP contribution is 2.11. The van der Waals surface area contributed by atoms with E-state index in [0.29, 0.717) is 31.3 Å². The topological polar surface area (TPSA) is 84.3 Å². The summed E-state index contributed by atoms with van der Waals surface area (Å²) in [6, 6.07) is 7.25. The molecule has 0 bridgehead atoms. The lowest BCUT2D eigenvalue weighted by Gasteiger charge is -2.15. The summed E-state index contributed by atoms with van der Waals surface area (Å²) in [6.07, 6.45) is 2.25. The zero-order valence-corrected chi connectivity index (χ0v) is 14.3. The first-order chi connectivity index (χ1) is 12.1. The Bertz CT molecular complexity index is 859. The number of rotatable bonds is 6. The first kappa shape index (κ1) is 17.1. The number of nitrogens with one attached hydrogen (secondary N) is 1. The molecule has 1 aromatic heterocycles. The van der Waals surface area contributed by atoms with Crippen LogP contribution in [0.3, 0.4) is 0 Å². The predicted molar refractivity (Wildman–Crippen MR) is 94.2 cm³/mol. The Balaban J connectivity index is 1.56. The Morgan fingerprint density at radius 2 is 2.00 bits per heavy atom. The number of fused-ring (bicyclic) bond motifs is 1. The molecule has 0 aliphatic carbocycles. The monoisotopic (exact) mass is 342 g/mol. The van der Waals surface area contributed by atoms with E-state index in [4.69, 9.17) is 0 Å². The number of nitrogens with zero attached hydrogens (tertiary/aromatic N) is 3. The van der Waals surface area contributed by atoms with Crippen LogP contribution in [0.5, 0.6) is 0 Å². The maximum atomic E-state index is 12.4. The van der Waals surface area contributed by atoms with Crippen molar-refractivity contribution in [2.45, 2.75) is 32.7 Å². The molecular weight excluding hydrogens is 320 g/mol. The number of carbonyl (C=O) groups is 2. The molecule has 1 saturated heterocycles. The standard InChI is InChI=1S/C18H22N4O3/c1-13-14-6-2-3-7-15(14)18(25)22(20-13)12-16(23)19-9-5-11-21-10-4-8-17(21)24/h2-3,6-7H,4-5,8-12H2,1H3,(H,19,23). The quantitative estimate of drug-likeness (QED) is 0.788. The van der Waals surface area contributed by atoms with Crippen molar-refractivity contribution in [3.8, 4) is 0 Å². The molecule has 2 heterocycles. The molecule has 25 heavy (non-hydrogen) atoms. The van der Waals surface area contributed by atoms with E-state index in [0.717, 1.165) is 24.0 Å². The van der Waals surface area contributed by atoms with Gasteiger partial charge in [-0.1, -0.05) is 18.2 Å². The summed E-state index contributed by atoms with van der Waals surface area (Å²) in [5.41, 5.74) is 0.453. The highest BCUT2D eigenvalue weighted by molar-refractivity contribution is 5.83. The minimum atomic E-state index is -0.265. The van der Waals surface area contributed by atoms with E-state index in [1.54, 1.807) is 12.1 Å². The lowest BCUT2D eigenvalue weighted by Crippen LogP contribution is -2.35. The zero-order chi connectivity index (χ0) is 17.8. The van der Waals surface area contributed by atoms with Crippen LogP contribution in [-0.2, 0) is 16.1 Å². The van der Waals surface area contributed by atoms with Crippen molar-refractivity contribution in [1.29, 1.82) is 0 Å². The third-order valence-corrected chi connectivity index (χ3v) is 4.44. The van der Waals surface area contributed by atoms with Crippen LogP contribution in [0.1, 0.15) is 25.0 Å². The predicted octanol–water partition coefficient (Wildman–Crippen LogP) is 0.834. The van der Waals surface area contributed by atoms with Crippen LogP contribution >= 0.6 is 0 Å². The van der Waals surface area contributed by atoms with Crippen molar-refractivity contribution >= 4 is 22.6 Å². The smallest absolute Gasteiger partial charge is 0.275 e. The fraction of sp³-hybridized carbons (Fsp3) is 0.444. The Hall–Kier alpha value is -2.70. The number of hydrogen-bond donors (Lipinski definition) is 1. The minimum Gasteiger partial charge on any atom is -0.354 e. The second-order valence-electron chi connectivity index (χ2n) is 6.28. The molecule has 7 nitrogen and oxygen atoms in total. The van der Waals surface area contributed by atoms with Gasteiger partial charge in [0.15, 0.2) is 0 Å². The Morgan fingerprint density at radius 3 is 2.72 bits per heavy atom. The van der Waals surface area contributed by atoms with Crippen LogP contribution in [0.15, 0.2) is 29.1 Å². The van der Waals surface area contributed by atoms with Crippen LogP contribution in [0.2, 0.25) is 0 Å². The molecule has 0 spiro atoms. The molecular formula is C18H22N4O3.